The van der Waals surface area contributed by atoms with Crippen LogP contribution in [-0.4, -0.2) is 16.5 Å². The highest BCUT2D eigenvalue weighted by atomic mass is 32.1. The highest BCUT2D eigenvalue weighted by Gasteiger charge is 2.12. The van der Waals surface area contributed by atoms with Crippen LogP contribution in [0.3, 0.4) is 0 Å². The molecule has 0 aliphatic heterocycles. The number of anilines is 1. The smallest absolute Gasteiger partial charge is 0.163 e. The van der Waals surface area contributed by atoms with E-state index in [4.69, 9.17) is 9.97 Å². The topological polar surface area (TPSA) is 37.8 Å². The summed E-state index contributed by atoms with van der Waals surface area (Å²) in [7, 11) is 0. The van der Waals surface area contributed by atoms with E-state index in [1.165, 1.54) is 10.4 Å². The summed E-state index contributed by atoms with van der Waals surface area (Å²) in [6.45, 7) is 3.02. The molecule has 1 N–H and O–H groups in total. The summed E-state index contributed by atoms with van der Waals surface area (Å²) >= 11 is 3.40. The Kier molecular flexibility index (Phi) is 4.76. The Morgan fingerprint density at radius 3 is 2.76 bits per heavy atom. The molecule has 0 amide bonds. The molecule has 0 fully saturated rings. The van der Waals surface area contributed by atoms with Crippen molar-refractivity contribution in [3.8, 4) is 11.4 Å². The standard InChI is InChI=1S/C20H19N3S2/c1-14-12-17-19(21-10-5-8-15-6-3-2-4-7-15)22-18(23-20(17)25-14)16-9-11-24-13-16/h2-4,6-7,9,11-13H,5,8,10H2,1H3,(H,21,22,23). The maximum atomic E-state index is 4.79. The second-order valence-electron chi connectivity index (χ2n) is 6.00. The molecule has 126 valence electrons. The first-order chi connectivity index (χ1) is 12.3. The van der Waals surface area contributed by atoms with E-state index in [1.54, 1.807) is 22.7 Å². The van der Waals surface area contributed by atoms with Crippen molar-refractivity contribution in [2.75, 3.05) is 11.9 Å². The second kappa shape index (κ2) is 7.33. The lowest BCUT2D eigenvalue weighted by molar-refractivity contribution is 0.860. The number of nitrogens with zero attached hydrogens (tertiary/aromatic N) is 2. The van der Waals surface area contributed by atoms with Crippen LogP contribution < -0.4 is 5.32 Å². The van der Waals surface area contributed by atoms with E-state index in [-0.39, 0.29) is 0 Å². The van der Waals surface area contributed by atoms with E-state index in [2.05, 4.69) is 65.5 Å². The van der Waals surface area contributed by atoms with Crippen molar-refractivity contribution in [1.82, 2.24) is 9.97 Å². The molecule has 0 saturated carbocycles. The average Bonchev–Trinajstić information content (AvgIpc) is 3.28. The Morgan fingerprint density at radius 2 is 1.96 bits per heavy atom. The summed E-state index contributed by atoms with van der Waals surface area (Å²) in [6.07, 6.45) is 2.15. The Balaban J connectivity index is 1.53. The summed E-state index contributed by atoms with van der Waals surface area (Å²) in [4.78, 5) is 11.9. The largest absolute Gasteiger partial charge is 0.369 e. The summed E-state index contributed by atoms with van der Waals surface area (Å²) in [5, 5.41) is 8.82. The Labute approximate surface area is 155 Å². The summed E-state index contributed by atoms with van der Waals surface area (Å²) in [5.41, 5.74) is 2.47. The minimum absolute atomic E-state index is 0.807. The fourth-order valence-electron chi connectivity index (χ4n) is 2.84. The first-order valence-corrected chi connectivity index (χ1v) is 10.1. The second-order valence-corrected chi connectivity index (χ2v) is 8.01. The molecule has 0 bridgehead atoms. The van der Waals surface area contributed by atoms with Crippen LogP contribution in [-0.2, 0) is 6.42 Å². The fourth-order valence-corrected chi connectivity index (χ4v) is 4.36. The van der Waals surface area contributed by atoms with Gasteiger partial charge in [0, 0.05) is 22.4 Å². The third-order valence-electron chi connectivity index (χ3n) is 4.07. The predicted octanol–water partition coefficient (Wildman–Crippen LogP) is 5.77. The molecule has 0 aliphatic carbocycles. The van der Waals surface area contributed by atoms with E-state index < -0.39 is 0 Å². The van der Waals surface area contributed by atoms with Crippen molar-refractivity contribution in [2.24, 2.45) is 0 Å². The van der Waals surface area contributed by atoms with Crippen LogP contribution in [0.25, 0.3) is 21.6 Å². The molecular formula is C20H19N3S2. The lowest BCUT2D eigenvalue weighted by Crippen LogP contribution is -2.06. The number of hydrogen-bond acceptors (Lipinski definition) is 5. The number of thiophene rings is 2. The minimum Gasteiger partial charge on any atom is -0.369 e. The van der Waals surface area contributed by atoms with Crippen LogP contribution in [0, 0.1) is 6.92 Å². The molecule has 3 nitrogen and oxygen atoms in total. The maximum absolute atomic E-state index is 4.79. The summed E-state index contributed by atoms with van der Waals surface area (Å²) in [5.74, 6) is 1.75. The van der Waals surface area contributed by atoms with E-state index in [0.29, 0.717) is 0 Å². The van der Waals surface area contributed by atoms with Gasteiger partial charge in [0.05, 0.1) is 5.39 Å². The Bertz CT molecular complexity index is 959. The van der Waals surface area contributed by atoms with Crippen LogP contribution in [0.15, 0.2) is 53.2 Å². The van der Waals surface area contributed by atoms with E-state index >= 15 is 0 Å². The number of aromatic nitrogens is 2. The molecule has 3 aromatic heterocycles. The van der Waals surface area contributed by atoms with Crippen molar-refractivity contribution in [1.29, 1.82) is 0 Å². The van der Waals surface area contributed by atoms with Crippen LogP contribution >= 0.6 is 22.7 Å². The van der Waals surface area contributed by atoms with E-state index in [1.807, 2.05) is 0 Å². The predicted molar refractivity (Wildman–Crippen MR) is 109 cm³/mol. The van der Waals surface area contributed by atoms with E-state index in [9.17, 15) is 0 Å². The van der Waals surface area contributed by atoms with Gasteiger partial charge in [-0.1, -0.05) is 30.3 Å². The van der Waals surface area contributed by atoms with Gasteiger partial charge in [-0.15, -0.1) is 11.3 Å². The van der Waals surface area contributed by atoms with Crippen LogP contribution in [0.2, 0.25) is 0 Å². The van der Waals surface area contributed by atoms with Gasteiger partial charge < -0.3 is 5.32 Å². The SMILES string of the molecule is Cc1cc2c(NCCCc3ccccc3)nc(-c3ccsc3)nc2s1. The lowest BCUT2D eigenvalue weighted by atomic mass is 10.1. The van der Waals surface area contributed by atoms with Gasteiger partial charge in [0.25, 0.3) is 0 Å². The zero-order valence-corrected chi connectivity index (χ0v) is 15.7. The number of nitrogens with one attached hydrogen (secondary N) is 1. The molecule has 3 heterocycles. The van der Waals surface area contributed by atoms with Crippen LogP contribution in [0.5, 0.6) is 0 Å². The van der Waals surface area contributed by atoms with Crippen molar-refractivity contribution >= 4 is 38.7 Å². The number of hydrogen-bond donors (Lipinski definition) is 1. The molecule has 0 unspecified atom stereocenters. The first-order valence-electron chi connectivity index (χ1n) is 8.38. The summed E-state index contributed by atoms with van der Waals surface area (Å²) in [6, 6.07) is 14.9. The third-order valence-corrected chi connectivity index (χ3v) is 5.70. The average molecular weight is 366 g/mol. The molecule has 4 rings (SSSR count). The first kappa shape index (κ1) is 16.2. The van der Waals surface area contributed by atoms with Crippen molar-refractivity contribution < 1.29 is 0 Å². The highest BCUT2D eigenvalue weighted by molar-refractivity contribution is 7.18. The Hall–Kier alpha value is -2.24. The van der Waals surface area contributed by atoms with Crippen molar-refractivity contribution in [3.05, 3.63) is 63.7 Å². The lowest BCUT2D eigenvalue weighted by Gasteiger charge is -2.08. The molecule has 0 spiro atoms. The van der Waals surface area contributed by atoms with Gasteiger partial charge in [-0.05, 0) is 42.8 Å². The number of rotatable bonds is 6. The van der Waals surface area contributed by atoms with Gasteiger partial charge in [-0.25, -0.2) is 9.97 Å². The monoisotopic (exact) mass is 365 g/mol. The minimum atomic E-state index is 0.807. The number of aryl methyl sites for hydroxylation is 2. The van der Waals surface area contributed by atoms with E-state index in [0.717, 1.165) is 46.8 Å². The van der Waals surface area contributed by atoms with Gasteiger partial charge in [0.1, 0.15) is 10.6 Å². The zero-order valence-electron chi connectivity index (χ0n) is 14.0. The molecule has 0 atom stereocenters. The third kappa shape index (κ3) is 3.72. The maximum Gasteiger partial charge on any atom is 0.163 e. The van der Waals surface area contributed by atoms with Crippen molar-refractivity contribution in [3.63, 3.8) is 0 Å². The van der Waals surface area contributed by atoms with Crippen LogP contribution in [0.4, 0.5) is 5.82 Å². The van der Waals surface area contributed by atoms with Crippen LogP contribution in [0.1, 0.15) is 16.9 Å². The molecule has 0 aliphatic rings. The van der Waals surface area contributed by atoms with Gasteiger partial charge >= 0.3 is 0 Å². The molecule has 25 heavy (non-hydrogen) atoms. The Morgan fingerprint density at radius 1 is 1.08 bits per heavy atom. The van der Waals surface area contributed by atoms with Gasteiger partial charge in [-0.3, -0.25) is 0 Å². The van der Waals surface area contributed by atoms with Gasteiger partial charge in [-0.2, -0.15) is 11.3 Å². The van der Waals surface area contributed by atoms with Gasteiger partial charge in [0.2, 0.25) is 0 Å². The zero-order chi connectivity index (χ0) is 17.1. The molecule has 4 aromatic rings. The number of benzene rings is 1. The molecule has 0 radical (unpaired) electrons. The molecule has 1 aromatic carbocycles. The van der Waals surface area contributed by atoms with Crippen molar-refractivity contribution in [2.45, 2.75) is 19.8 Å². The van der Waals surface area contributed by atoms with Gasteiger partial charge in [0.15, 0.2) is 5.82 Å². The fraction of sp³-hybridized carbons (Fsp3) is 0.200. The highest BCUT2D eigenvalue weighted by Crippen LogP contribution is 2.31. The molecular weight excluding hydrogens is 346 g/mol. The molecule has 5 heteroatoms. The quantitative estimate of drug-likeness (QED) is 0.441. The normalized spacial score (nSPS) is 11.1. The number of fused-ring (bicyclic) bond motifs is 1. The molecule has 0 saturated heterocycles. The summed E-state index contributed by atoms with van der Waals surface area (Å²) < 4.78 is 0.